The first-order valence-corrected chi connectivity index (χ1v) is 33.4. The Morgan fingerprint density at radius 2 is 1.02 bits per heavy atom. The number of ether oxygens (including phenoxy) is 1. The molecule has 1 spiro atoms. The first-order chi connectivity index (χ1) is 40.1. The number of benzene rings is 9. The van der Waals surface area contributed by atoms with E-state index >= 15 is 0 Å². The number of hydrogen-bond acceptors (Lipinski definition) is 4. The van der Waals surface area contributed by atoms with Crippen LogP contribution in [0.25, 0.3) is 49.9 Å². The Morgan fingerprint density at radius 1 is 0.471 bits per heavy atom. The SMILES string of the molecule is CP1c2ccccc2[Si]2(c3ccccc31)c1cc(Oc3[c-]c(N4[CH-]N(c5c(-c6ccccc6)cc(C(C)(C)C)cc5-c5cc(C(C)(C)C)cc(C(C)(C)C)c5)c5ccccc54)ccc3)[c-]c3c1c1c2cccc1n3-c1cc(C(C)(C)C)ccn1.[Pt]. The van der Waals surface area contributed by atoms with Gasteiger partial charge in [0.05, 0.1) is 0 Å². The van der Waals surface area contributed by atoms with Gasteiger partial charge in [-0.05, 0) is 144 Å². The second-order valence-electron chi connectivity index (χ2n) is 27.5. The first-order valence-electron chi connectivity index (χ1n) is 29.7. The molecule has 8 heteroatoms. The van der Waals surface area contributed by atoms with E-state index in [2.05, 4.69) is 305 Å². The summed E-state index contributed by atoms with van der Waals surface area (Å²) in [6.07, 6.45) is 1.96. The van der Waals surface area contributed by atoms with E-state index in [9.17, 15) is 0 Å². The van der Waals surface area contributed by atoms with Gasteiger partial charge in [0.25, 0.3) is 0 Å². The maximum absolute atomic E-state index is 7.31. The zero-order valence-corrected chi connectivity index (χ0v) is 55.2. The third kappa shape index (κ3) is 9.19. The van der Waals surface area contributed by atoms with Crippen molar-refractivity contribution in [2.75, 3.05) is 16.5 Å². The second kappa shape index (κ2) is 20.4. The minimum absolute atomic E-state index is 0. The van der Waals surface area contributed by atoms with Crippen LogP contribution in [0.15, 0.2) is 194 Å². The summed E-state index contributed by atoms with van der Waals surface area (Å²) in [5.41, 5.74) is 15.8. The first kappa shape index (κ1) is 56.8. The van der Waals surface area contributed by atoms with Gasteiger partial charge in [0.15, 0.2) is 8.07 Å². The van der Waals surface area contributed by atoms with E-state index in [0.29, 0.717) is 11.5 Å². The van der Waals surface area contributed by atoms with Crippen molar-refractivity contribution in [3.05, 3.63) is 235 Å². The van der Waals surface area contributed by atoms with Gasteiger partial charge >= 0.3 is 0 Å². The van der Waals surface area contributed by atoms with Crippen molar-refractivity contribution in [2.24, 2.45) is 0 Å². The number of anilines is 4. The molecule has 0 aliphatic carbocycles. The number of hydrogen-bond donors (Lipinski definition) is 0. The third-order valence-electron chi connectivity index (χ3n) is 17.9. The van der Waals surface area contributed by atoms with E-state index < -0.39 is 16.0 Å². The van der Waals surface area contributed by atoms with Crippen molar-refractivity contribution >= 4 is 91.9 Å². The summed E-state index contributed by atoms with van der Waals surface area (Å²) >= 11 is 0. The molecule has 0 unspecified atom stereocenters. The van der Waals surface area contributed by atoms with Crippen LogP contribution in [0.3, 0.4) is 0 Å². The molecule has 14 rings (SSSR count). The number of fused-ring (bicyclic) bond motifs is 7. The van der Waals surface area contributed by atoms with E-state index in [4.69, 9.17) is 9.72 Å². The molecule has 5 nitrogen and oxygen atoms in total. The summed E-state index contributed by atoms with van der Waals surface area (Å²) in [6, 6.07) is 78.4. The molecule has 3 aliphatic rings. The van der Waals surface area contributed by atoms with Gasteiger partial charge in [0, 0.05) is 72.5 Å². The van der Waals surface area contributed by atoms with Gasteiger partial charge in [-0.1, -0.05) is 210 Å². The molecule has 0 saturated carbocycles. The van der Waals surface area contributed by atoms with Crippen LogP contribution in [0.4, 0.5) is 22.7 Å². The van der Waals surface area contributed by atoms with Crippen LogP contribution >= 0.6 is 7.92 Å². The number of aromatic nitrogens is 2. The monoisotopic (exact) mass is 1320 g/mol. The molecule has 0 fully saturated rings. The fourth-order valence-electron chi connectivity index (χ4n) is 13.4. The summed E-state index contributed by atoms with van der Waals surface area (Å²) in [7, 11) is -3.50. The zero-order chi connectivity index (χ0) is 58.4. The number of para-hydroxylation sites is 2. The largest absolute Gasteiger partial charge is 0.509 e. The molecule has 9 aromatic carbocycles. The van der Waals surface area contributed by atoms with Gasteiger partial charge in [0.2, 0.25) is 0 Å². The number of pyridine rings is 1. The van der Waals surface area contributed by atoms with Gasteiger partial charge < -0.3 is 19.1 Å². The number of rotatable bonds is 7. The van der Waals surface area contributed by atoms with Crippen LogP contribution < -0.4 is 45.9 Å². The van der Waals surface area contributed by atoms with Crippen molar-refractivity contribution in [2.45, 2.75) is 105 Å². The fraction of sp³-hybridized carbons (Fsp3) is 0.221. The maximum atomic E-state index is 7.31. The molecule has 5 heterocycles. The van der Waals surface area contributed by atoms with Crippen LogP contribution in [0, 0.1) is 18.8 Å². The van der Waals surface area contributed by atoms with E-state index in [1.165, 1.54) is 86.6 Å². The van der Waals surface area contributed by atoms with Gasteiger partial charge in [-0.25, -0.2) is 4.98 Å². The molecule has 0 N–H and O–H groups in total. The Balaban J connectivity index is 0.00000672. The Bertz CT molecular complexity index is 4400. The fourth-order valence-corrected chi connectivity index (χ4v) is 22.5. The van der Waals surface area contributed by atoms with Crippen LogP contribution in [0.2, 0.25) is 0 Å². The second-order valence-corrected chi connectivity index (χ2v) is 33.2. The van der Waals surface area contributed by atoms with E-state index in [1.807, 2.05) is 12.3 Å². The molecule has 0 bridgehead atoms. The normalized spacial score (nSPS) is 16.3. The number of nitrogens with zero attached hydrogens (tertiary/aromatic N) is 4. The van der Waals surface area contributed by atoms with Crippen LogP contribution in [0.5, 0.6) is 11.5 Å². The average molecular weight is 1320 g/mol. The average Bonchev–Trinajstić information content (AvgIpc) is 1.53. The Hall–Kier alpha value is -7.33. The Morgan fingerprint density at radius 3 is 1.66 bits per heavy atom. The molecule has 11 aromatic rings. The van der Waals surface area contributed by atoms with Gasteiger partial charge in [-0.3, -0.25) is 0 Å². The van der Waals surface area contributed by atoms with Crippen LogP contribution in [0.1, 0.15) is 105 Å². The minimum atomic E-state index is -2.92. The van der Waals surface area contributed by atoms with Crippen molar-refractivity contribution in [1.29, 1.82) is 0 Å². The van der Waals surface area contributed by atoms with Gasteiger partial charge in [0.1, 0.15) is 5.82 Å². The standard InChI is InChI=1S/C77H72N4OPSi.Pt/c1-74(2,3)51-37-38-78-70(44-51)81-62-31-24-36-68-71(62)72-63(81)46-57(47-69(72)84(68)66-34-21-19-32-64(66)83(13)65-33-20-22-35-67(65)84)82-56-28-23-27-55(45-56)79-48-80(61-30-18-17-29-60(61)79)73-58(49-25-15-14-16-26-49)42-54(77(10,11)12)43-59(73)50-39-52(75(4,5)6)41-53(40-50)76(7,8)9;/h14-44,47-48H,1-13H3;/q-3;. The maximum Gasteiger partial charge on any atom is 0.157 e. The smallest absolute Gasteiger partial charge is 0.157 e. The molecule has 0 saturated heterocycles. The molecular weight excluding hydrogens is 1250 g/mol. The van der Waals surface area contributed by atoms with E-state index in [-0.39, 0.29) is 42.7 Å². The summed E-state index contributed by atoms with van der Waals surface area (Å²) in [4.78, 5) is 9.84. The summed E-state index contributed by atoms with van der Waals surface area (Å²) in [5.74, 6) is 2.14. The molecule has 2 aromatic heterocycles. The Labute approximate surface area is 519 Å². The minimum Gasteiger partial charge on any atom is -0.509 e. The van der Waals surface area contributed by atoms with E-state index in [1.54, 1.807) is 0 Å². The molecule has 0 amide bonds. The molecule has 0 atom stereocenters. The van der Waals surface area contributed by atoms with Crippen molar-refractivity contribution in [1.82, 2.24) is 9.55 Å². The molecule has 85 heavy (non-hydrogen) atoms. The van der Waals surface area contributed by atoms with Crippen molar-refractivity contribution < 1.29 is 25.8 Å². The van der Waals surface area contributed by atoms with Crippen molar-refractivity contribution in [3.8, 4) is 39.6 Å². The van der Waals surface area contributed by atoms with Crippen LogP contribution in [-0.4, -0.2) is 24.3 Å². The summed E-state index contributed by atoms with van der Waals surface area (Å²) in [6.45, 7) is 32.5. The third-order valence-corrected chi connectivity index (χ3v) is 25.5. The summed E-state index contributed by atoms with van der Waals surface area (Å²) < 4.78 is 9.66. The Kier molecular flexibility index (Phi) is 13.6. The van der Waals surface area contributed by atoms with Gasteiger partial charge in [-0.15, -0.1) is 53.3 Å². The molecular formula is C77H72N4OPPtSi-3. The van der Waals surface area contributed by atoms with Crippen LogP contribution in [-0.2, 0) is 42.7 Å². The predicted octanol–water partition coefficient (Wildman–Crippen LogP) is 16.6. The quantitative estimate of drug-likeness (QED) is 0.0905. The molecule has 3 aliphatic heterocycles. The van der Waals surface area contributed by atoms with Gasteiger partial charge in [-0.2, -0.15) is 6.07 Å². The predicted molar refractivity (Wildman–Crippen MR) is 359 cm³/mol. The zero-order valence-electron chi connectivity index (χ0n) is 51.0. The molecule has 0 radical (unpaired) electrons. The van der Waals surface area contributed by atoms with Crippen molar-refractivity contribution in [3.63, 3.8) is 0 Å². The topological polar surface area (TPSA) is 33.5 Å². The van der Waals surface area contributed by atoms with E-state index in [0.717, 1.165) is 39.6 Å². The summed E-state index contributed by atoms with van der Waals surface area (Å²) in [5, 5.41) is 11.2. The molecule has 428 valence electrons.